The largest absolute Gasteiger partial charge is 0.497 e. The average Bonchev–Trinajstić information content (AvgIpc) is 2.70. The van der Waals surface area contributed by atoms with Crippen molar-refractivity contribution < 1.29 is 26.4 Å². The van der Waals surface area contributed by atoms with E-state index in [1.807, 2.05) is 0 Å². The van der Waals surface area contributed by atoms with Gasteiger partial charge in [0.15, 0.2) is 9.84 Å². The number of benzene rings is 2. The predicted molar refractivity (Wildman–Crippen MR) is 121 cm³/mol. The summed E-state index contributed by atoms with van der Waals surface area (Å²) in [5, 5.41) is 2.83. The molecule has 8 nitrogen and oxygen atoms in total. The number of sulfonamides is 1. The molecule has 1 N–H and O–H groups in total. The zero-order valence-electron chi connectivity index (χ0n) is 18.2. The van der Waals surface area contributed by atoms with Gasteiger partial charge in [-0.3, -0.25) is 9.10 Å². The minimum Gasteiger partial charge on any atom is -0.497 e. The van der Waals surface area contributed by atoms with E-state index in [0.29, 0.717) is 17.0 Å². The topological polar surface area (TPSA) is 110 Å². The zero-order valence-corrected chi connectivity index (χ0v) is 19.8. The Morgan fingerprint density at radius 2 is 1.55 bits per heavy atom. The molecular formula is C21H28N2O6S2. The van der Waals surface area contributed by atoms with Gasteiger partial charge < -0.3 is 10.1 Å². The molecule has 2 atom stereocenters. The first-order valence-electron chi connectivity index (χ1n) is 9.62. The molecule has 2 aromatic carbocycles. The van der Waals surface area contributed by atoms with Crippen LogP contribution in [0.2, 0.25) is 0 Å². The van der Waals surface area contributed by atoms with Gasteiger partial charge in [0.05, 0.1) is 30.0 Å². The first-order chi connectivity index (χ1) is 14.4. The first kappa shape index (κ1) is 24.7. The molecule has 0 spiro atoms. The molecule has 0 heterocycles. The van der Waals surface area contributed by atoms with Gasteiger partial charge >= 0.3 is 0 Å². The van der Waals surface area contributed by atoms with Crippen molar-refractivity contribution in [3.63, 3.8) is 0 Å². The number of ether oxygens (including phenoxy) is 1. The smallest absolute Gasteiger partial charge is 0.244 e. The molecule has 0 aliphatic rings. The molecule has 0 unspecified atom stereocenters. The normalized spacial score (nSPS) is 13.8. The van der Waals surface area contributed by atoms with Crippen molar-refractivity contribution in [3.8, 4) is 5.75 Å². The average molecular weight is 469 g/mol. The van der Waals surface area contributed by atoms with Crippen LogP contribution in [0.4, 0.5) is 5.69 Å². The highest BCUT2D eigenvalue weighted by atomic mass is 32.2. The summed E-state index contributed by atoms with van der Waals surface area (Å²) in [6, 6.07) is 11.2. The number of anilines is 1. The third-order valence-electron chi connectivity index (χ3n) is 4.82. The van der Waals surface area contributed by atoms with Crippen LogP contribution in [0.25, 0.3) is 0 Å². The molecular weight excluding hydrogens is 440 g/mol. The van der Waals surface area contributed by atoms with Crippen molar-refractivity contribution >= 4 is 31.5 Å². The standard InChI is InChI=1S/C21H28N2O6S2/c1-6-20(23(31(5,27)28)17-9-11-18(29-3)12-10-17)21(24)22-15(2)16-7-13-19(14-8-16)30(4,25)26/h7-15,20H,6H2,1-5H3,(H,22,24)/t15-,20+/m0/s1. The van der Waals surface area contributed by atoms with Gasteiger partial charge in [-0.25, -0.2) is 16.8 Å². The van der Waals surface area contributed by atoms with Crippen LogP contribution in [-0.4, -0.2) is 48.4 Å². The van der Waals surface area contributed by atoms with Crippen LogP contribution < -0.4 is 14.4 Å². The Bertz CT molecular complexity index is 1110. The Morgan fingerprint density at radius 3 is 1.97 bits per heavy atom. The van der Waals surface area contributed by atoms with Crippen LogP contribution in [0.3, 0.4) is 0 Å². The van der Waals surface area contributed by atoms with E-state index in [9.17, 15) is 21.6 Å². The van der Waals surface area contributed by atoms with Gasteiger partial charge in [-0.05, 0) is 55.3 Å². The second-order valence-corrected chi connectivity index (χ2v) is 11.1. The molecule has 0 aliphatic carbocycles. The van der Waals surface area contributed by atoms with Crippen molar-refractivity contribution in [1.82, 2.24) is 5.32 Å². The molecule has 0 bridgehead atoms. The number of rotatable bonds is 9. The maximum Gasteiger partial charge on any atom is 0.244 e. The molecule has 0 fully saturated rings. The van der Waals surface area contributed by atoms with Gasteiger partial charge in [0.2, 0.25) is 15.9 Å². The fourth-order valence-corrected chi connectivity index (χ4v) is 5.03. The Kier molecular flexibility index (Phi) is 7.72. The summed E-state index contributed by atoms with van der Waals surface area (Å²) in [5.41, 5.74) is 1.06. The van der Waals surface area contributed by atoms with E-state index >= 15 is 0 Å². The number of amides is 1. The molecule has 0 aromatic heterocycles. The van der Waals surface area contributed by atoms with Crippen LogP contribution in [0.15, 0.2) is 53.4 Å². The molecule has 31 heavy (non-hydrogen) atoms. The molecule has 2 rings (SSSR count). The van der Waals surface area contributed by atoms with Crippen LogP contribution in [0.5, 0.6) is 5.75 Å². The highest BCUT2D eigenvalue weighted by Crippen LogP contribution is 2.26. The van der Waals surface area contributed by atoms with Crippen molar-refractivity contribution in [1.29, 1.82) is 0 Å². The number of hydrogen-bond acceptors (Lipinski definition) is 6. The van der Waals surface area contributed by atoms with Crippen molar-refractivity contribution in [2.45, 2.75) is 37.2 Å². The number of hydrogen-bond donors (Lipinski definition) is 1. The summed E-state index contributed by atoms with van der Waals surface area (Å²) in [6.07, 6.45) is 2.43. The minimum atomic E-state index is -3.75. The van der Waals surface area contributed by atoms with E-state index in [1.165, 1.54) is 19.2 Å². The summed E-state index contributed by atoms with van der Waals surface area (Å²) < 4.78 is 54.5. The Hall–Kier alpha value is -2.59. The first-order valence-corrected chi connectivity index (χ1v) is 13.4. The number of carbonyl (C=O) groups is 1. The third kappa shape index (κ3) is 6.20. The van der Waals surface area contributed by atoms with E-state index < -0.39 is 37.9 Å². The molecule has 1 amide bonds. The third-order valence-corrected chi connectivity index (χ3v) is 7.13. The van der Waals surface area contributed by atoms with Crippen molar-refractivity contribution in [2.24, 2.45) is 0 Å². The summed E-state index contributed by atoms with van der Waals surface area (Å²) in [6.45, 7) is 3.48. The second-order valence-electron chi connectivity index (χ2n) is 7.25. The predicted octanol–water partition coefficient (Wildman–Crippen LogP) is 2.52. The molecule has 0 saturated heterocycles. The van der Waals surface area contributed by atoms with Gasteiger partial charge in [-0.2, -0.15) is 0 Å². The Labute approximate surface area is 184 Å². The van der Waals surface area contributed by atoms with Gasteiger partial charge in [-0.1, -0.05) is 19.1 Å². The van der Waals surface area contributed by atoms with E-state index in [-0.39, 0.29) is 11.3 Å². The summed E-state index contributed by atoms with van der Waals surface area (Å²) in [4.78, 5) is 13.2. The van der Waals surface area contributed by atoms with E-state index in [4.69, 9.17) is 4.74 Å². The molecule has 170 valence electrons. The zero-order chi connectivity index (χ0) is 23.4. The summed E-state index contributed by atoms with van der Waals surface area (Å²) in [7, 11) is -5.56. The summed E-state index contributed by atoms with van der Waals surface area (Å²) in [5.74, 6) is 0.115. The lowest BCUT2D eigenvalue weighted by molar-refractivity contribution is -0.122. The van der Waals surface area contributed by atoms with Gasteiger partial charge in [0.1, 0.15) is 11.8 Å². The quantitative estimate of drug-likeness (QED) is 0.606. The van der Waals surface area contributed by atoms with Crippen LogP contribution >= 0.6 is 0 Å². The maximum absolute atomic E-state index is 13.0. The SMILES string of the molecule is CC[C@H](C(=O)N[C@@H](C)c1ccc(S(C)(=O)=O)cc1)N(c1ccc(OC)cc1)S(C)(=O)=O. The summed E-state index contributed by atoms with van der Waals surface area (Å²) >= 11 is 0. The molecule has 0 radical (unpaired) electrons. The lowest BCUT2D eigenvalue weighted by Gasteiger charge is -2.31. The van der Waals surface area contributed by atoms with Crippen LogP contribution in [-0.2, 0) is 24.7 Å². The maximum atomic E-state index is 13.0. The van der Waals surface area contributed by atoms with E-state index in [0.717, 1.165) is 16.8 Å². The molecule has 2 aromatic rings. The van der Waals surface area contributed by atoms with Gasteiger partial charge in [0, 0.05) is 6.26 Å². The highest BCUT2D eigenvalue weighted by molar-refractivity contribution is 7.92. The molecule has 0 saturated carbocycles. The van der Waals surface area contributed by atoms with Crippen LogP contribution in [0.1, 0.15) is 31.9 Å². The minimum absolute atomic E-state index is 0.184. The number of carbonyl (C=O) groups excluding carboxylic acids is 1. The number of nitrogens with zero attached hydrogens (tertiary/aromatic N) is 1. The van der Waals surface area contributed by atoms with Gasteiger partial charge in [0.25, 0.3) is 0 Å². The Morgan fingerprint density at radius 1 is 1.00 bits per heavy atom. The Balaban J connectivity index is 2.28. The monoisotopic (exact) mass is 468 g/mol. The number of nitrogens with one attached hydrogen (secondary N) is 1. The lowest BCUT2D eigenvalue weighted by atomic mass is 10.1. The van der Waals surface area contributed by atoms with Crippen molar-refractivity contribution in [2.75, 3.05) is 23.9 Å². The fourth-order valence-electron chi connectivity index (χ4n) is 3.19. The van der Waals surface area contributed by atoms with E-state index in [2.05, 4.69) is 5.32 Å². The lowest BCUT2D eigenvalue weighted by Crippen LogP contribution is -2.49. The van der Waals surface area contributed by atoms with Gasteiger partial charge in [-0.15, -0.1) is 0 Å². The second kappa shape index (κ2) is 9.69. The number of methoxy groups -OCH3 is 1. The van der Waals surface area contributed by atoms with E-state index in [1.54, 1.807) is 50.2 Å². The number of sulfone groups is 1. The highest BCUT2D eigenvalue weighted by Gasteiger charge is 2.32. The molecule has 0 aliphatic heterocycles. The molecule has 10 heteroatoms. The van der Waals surface area contributed by atoms with Crippen LogP contribution in [0, 0.1) is 0 Å². The van der Waals surface area contributed by atoms with Crippen molar-refractivity contribution in [3.05, 3.63) is 54.1 Å². The fraction of sp³-hybridized carbons (Fsp3) is 0.381.